The Kier molecular flexibility index (Phi) is 4.51. The zero-order valence-electron chi connectivity index (χ0n) is 11.2. The molecule has 0 unspecified atom stereocenters. The largest absolute Gasteiger partial charge is 0.423 e. The van der Waals surface area contributed by atoms with E-state index in [1.165, 1.54) is 18.2 Å². The van der Waals surface area contributed by atoms with E-state index in [1.807, 2.05) is 0 Å². The van der Waals surface area contributed by atoms with Crippen LogP contribution < -0.4 is 16.3 Å². The zero-order valence-corrected chi connectivity index (χ0v) is 12.0. The second kappa shape index (κ2) is 6.18. The number of alkyl halides is 3. The van der Waals surface area contributed by atoms with Gasteiger partial charge in [-0.05, 0) is 24.4 Å². The fourth-order valence-electron chi connectivity index (χ4n) is 1.82. The molecular formula is C14H11F3N2O2S. The van der Waals surface area contributed by atoms with E-state index in [2.05, 4.69) is 17.2 Å². The molecular weight excluding hydrogens is 317 g/mol. The SMILES string of the molecule is C=CCNC(=S)Nc1ccc2c(C(F)(F)F)cc(=O)oc2c1. The Morgan fingerprint density at radius 1 is 1.36 bits per heavy atom. The van der Waals surface area contributed by atoms with Crippen molar-refractivity contribution >= 4 is 34.0 Å². The van der Waals surface area contributed by atoms with Crippen molar-refractivity contribution in [1.29, 1.82) is 0 Å². The van der Waals surface area contributed by atoms with Gasteiger partial charge in [-0.3, -0.25) is 0 Å². The lowest BCUT2D eigenvalue weighted by Crippen LogP contribution is -2.28. The van der Waals surface area contributed by atoms with Crippen LogP contribution in [-0.4, -0.2) is 11.7 Å². The first-order valence-electron chi connectivity index (χ1n) is 6.12. The molecule has 116 valence electrons. The summed E-state index contributed by atoms with van der Waals surface area (Å²) in [5.41, 5.74) is -1.87. The summed E-state index contributed by atoms with van der Waals surface area (Å²) >= 11 is 4.99. The van der Waals surface area contributed by atoms with E-state index in [4.69, 9.17) is 16.6 Å². The van der Waals surface area contributed by atoms with Crippen LogP contribution >= 0.6 is 12.2 Å². The fraction of sp³-hybridized carbons (Fsp3) is 0.143. The minimum Gasteiger partial charge on any atom is -0.423 e. The molecule has 22 heavy (non-hydrogen) atoms. The van der Waals surface area contributed by atoms with Crippen LogP contribution in [0.2, 0.25) is 0 Å². The summed E-state index contributed by atoms with van der Waals surface area (Å²) in [4.78, 5) is 11.3. The third kappa shape index (κ3) is 3.64. The molecule has 0 radical (unpaired) electrons. The molecule has 2 aromatic rings. The van der Waals surface area contributed by atoms with Gasteiger partial charge in [-0.1, -0.05) is 6.08 Å². The summed E-state index contributed by atoms with van der Waals surface area (Å²) < 4.78 is 43.6. The molecule has 0 bridgehead atoms. The first kappa shape index (κ1) is 16.0. The van der Waals surface area contributed by atoms with Crippen molar-refractivity contribution in [2.24, 2.45) is 0 Å². The lowest BCUT2D eigenvalue weighted by molar-refractivity contribution is -0.136. The number of halogens is 3. The molecule has 4 nitrogen and oxygen atoms in total. The van der Waals surface area contributed by atoms with Crippen molar-refractivity contribution < 1.29 is 17.6 Å². The molecule has 0 fully saturated rings. The summed E-state index contributed by atoms with van der Waals surface area (Å²) in [6.45, 7) is 3.95. The number of fused-ring (bicyclic) bond motifs is 1. The highest BCUT2D eigenvalue weighted by Crippen LogP contribution is 2.34. The average Bonchev–Trinajstić information content (AvgIpc) is 2.42. The highest BCUT2D eigenvalue weighted by Gasteiger charge is 2.33. The van der Waals surface area contributed by atoms with Crippen molar-refractivity contribution in [3.05, 3.63) is 52.9 Å². The molecule has 0 amide bonds. The Morgan fingerprint density at radius 3 is 2.73 bits per heavy atom. The van der Waals surface area contributed by atoms with Gasteiger partial charge in [-0.15, -0.1) is 6.58 Å². The van der Waals surface area contributed by atoms with Crippen LogP contribution in [0.25, 0.3) is 11.0 Å². The predicted octanol–water partition coefficient (Wildman–Crippen LogP) is 3.28. The first-order valence-corrected chi connectivity index (χ1v) is 6.53. The maximum atomic E-state index is 12.9. The van der Waals surface area contributed by atoms with Gasteiger partial charge in [0.25, 0.3) is 0 Å². The van der Waals surface area contributed by atoms with Crippen molar-refractivity contribution in [1.82, 2.24) is 5.32 Å². The third-order valence-corrected chi connectivity index (χ3v) is 2.96. The van der Waals surface area contributed by atoms with Gasteiger partial charge in [0, 0.05) is 29.8 Å². The number of hydrogen-bond acceptors (Lipinski definition) is 3. The Labute approximate surface area is 128 Å². The highest BCUT2D eigenvalue weighted by atomic mass is 32.1. The smallest absolute Gasteiger partial charge is 0.417 e. The normalized spacial score (nSPS) is 11.2. The Bertz CT molecular complexity index is 784. The van der Waals surface area contributed by atoms with Crippen molar-refractivity contribution in [2.75, 3.05) is 11.9 Å². The zero-order chi connectivity index (χ0) is 16.3. The van der Waals surface area contributed by atoms with Crippen LogP contribution in [0.15, 0.2) is 46.1 Å². The van der Waals surface area contributed by atoms with Crippen molar-refractivity contribution in [3.8, 4) is 0 Å². The van der Waals surface area contributed by atoms with Gasteiger partial charge in [0.1, 0.15) is 5.58 Å². The molecule has 0 atom stereocenters. The van der Waals surface area contributed by atoms with Crippen molar-refractivity contribution in [3.63, 3.8) is 0 Å². The summed E-state index contributed by atoms with van der Waals surface area (Å²) in [6.07, 6.45) is -3.03. The van der Waals surface area contributed by atoms with Gasteiger partial charge in [0.05, 0.1) is 5.56 Å². The first-order chi connectivity index (χ1) is 10.3. The topological polar surface area (TPSA) is 54.3 Å². The number of nitrogens with one attached hydrogen (secondary N) is 2. The van der Waals surface area contributed by atoms with E-state index in [-0.39, 0.29) is 16.1 Å². The van der Waals surface area contributed by atoms with Crippen LogP contribution in [0.3, 0.4) is 0 Å². The molecule has 0 saturated carbocycles. The van der Waals surface area contributed by atoms with E-state index >= 15 is 0 Å². The number of anilines is 1. The minimum absolute atomic E-state index is 0.170. The quantitative estimate of drug-likeness (QED) is 0.514. The Balaban J connectivity index is 2.41. The maximum absolute atomic E-state index is 12.9. The van der Waals surface area contributed by atoms with Crippen LogP contribution in [0.5, 0.6) is 0 Å². The van der Waals surface area contributed by atoms with E-state index in [0.717, 1.165) is 0 Å². The summed E-state index contributed by atoms with van der Waals surface area (Å²) in [5, 5.41) is 5.66. The summed E-state index contributed by atoms with van der Waals surface area (Å²) in [6, 6.07) is 4.36. The molecule has 0 aliphatic heterocycles. The van der Waals surface area contributed by atoms with Crippen molar-refractivity contribution in [2.45, 2.75) is 6.18 Å². The highest BCUT2D eigenvalue weighted by molar-refractivity contribution is 7.80. The number of thiocarbonyl (C=S) groups is 1. The Hall–Kier alpha value is -2.35. The second-order valence-electron chi connectivity index (χ2n) is 4.31. The van der Waals surface area contributed by atoms with Crippen LogP contribution in [0.1, 0.15) is 5.56 Å². The van der Waals surface area contributed by atoms with E-state index in [1.54, 1.807) is 6.08 Å². The van der Waals surface area contributed by atoms with Gasteiger partial charge >= 0.3 is 11.8 Å². The van der Waals surface area contributed by atoms with E-state index < -0.39 is 17.4 Å². The molecule has 0 saturated heterocycles. The fourth-order valence-corrected chi connectivity index (χ4v) is 2.02. The standard InChI is InChI=1S/C14H11F3N2O2S/c1-2-5-18-13(22)19-8-3-4-9-10(14(15,16)17)7-12(20)21-11(9)6-8/h2-4,6-7H,1,5H2,(H2,18,19,22). The lowest BCUT2D eigenvalue weighted by Gasteiger charge is -2.12. The molecule has 0 aliphatic carbocycles. The second-order valence-corrected chi connectivity index (χ2v) is 4.72. The average molecular weight is 328 g/mol. The summed E-state index contributed by atoms with van der Waals surface area (Å²) in [7, 11) is 0. The molecule has 1 aromatic heterocycles. The number of rotatable bonds is 3. The van der Waals surface area contributed by atoms with Gasteiger partial charge in [0.2, 0.25) is 0 Å². The molecule has 0 aliphatic rings. The van der Waals surface area contributed by atoms with Crippen LogP contribution in [0, 0.1) is 0 Å². The monoisotopic (exact) mass is 328 g/mol. The van der Waals surface area contributed by atoms with Crippen LogP contribution in [0.4, 0.5) is 18.9 Å². The third-order valence-electron chi connectivity index (χ3n) is 2.71. The van der Waals surface area contributed by atoms with E-state index in [9.17, 15) is 18.0 Å². The van der Waals surface area contributed by atoms with E-state index in [0.29, 0.717) is 18.3 Å². The van der Waals surface area contributed by atoms with Gasteiger partial charge in [-0.25, -0.2) is 4.79 Å². The number of benzene rings is 1. The Morgan fingerprint density at radius 2 is 2.09 bits per heavy atom. The molecule has 0 spiro atoms. The predicted molar refractivity (Wildman–Crippen MR) is 81.9 cm³/mol. The molecule has 2 rings (SSSR count). The minimum atomic E-state index is -4.63. The summed E-state index contributed by atoms with van der Waals surface area (Å²) in [5.74, 6) is 0. The van der Waals surface area contributed by atoms with Gasteiger partial charge in [-0.2, -0.15) is 13.2 Å². The maximum Gasteiger partial charge on any atom is 0.417 e. The van der Waals surface area contributed by atoms with Gasteiger partial charge in [0.15, 0.2) is 5.11 Å². The lowest BCUT2D eigenvalue weighted by atomic mass is 10.1. The van der Waals surface area contributed by atoms with Crippen LogP contribution in [-0.2, 0) is 6.18 Å². The number of hydrogen-bond donors (Lipinski definition) is 2. The molecule has 1 heterocycles. The molecule has 2 N–H and O–H groups in total. The van der Waals surface area contributed by atoms with Gasteiger partial charge < -0.3 is 15.1 Å². The molecule has 1 aromatic carbocycles. The molecule has 8 heteroatoms.